The molecule has 0 aliphatic carbocycles. The summed E-state index contributed by atoms with van der Waals surface area (Å²) in [7, 11) is 1.57. The minimum atomic E-state index is -1.85. The highest BCUT2D eigenvalue weighted by Gasteiger charge is 2.58. The summed E-state index contributed by atoms with van der Waals surface area (Å²) in [5.41, 5.74) is -4.54. The van der Waals surface area contributed by atoms with Gasteiger partial charge in [0.05, 0.1) is 24.2 Å². The van der Waals surface area contributed by atoms with Crippen LogP contribution in [0, 0.1) is 35.0 Å². The topological polar surface area (TPSA) is 144 Å². The number of carbonyl (C=O) groups excluding carboxylic acids is 2. The lowest BCUT2D eigenvalue weighted by molar-refractivity contribution is -0.329. The highest BCUT2D eigenvalue weighted by atomic mass is 16.7. The van der Waals surface area contributed by atoms with Crippen molar-refractivity contribution in [2.45, 2.75) is 156 Å². The number of ether oxygens (including phenoxy) is 4. The van der Waals surface area contributed by atoms with Crippen molar-refractivity contribution in [2.24, 2.45) is 35.0 Å². The highest BCUT2D eigenvalue weighted by molar-refractivity contribution is 5.83. The standard InChI is InChI=1S/C35H65NO9/c1-14-16-36-19-35(41)25(8)43-27(18-33(35,11)42-13)45-29-21(4)24(7)32(9,10)17-20(3)28(37)22(5)30(38)34(12,40)26(15-2)44-31(39)23(29)6/h20-27,29-30,36,38,40-41H,14-19H2,1-13H3/t20-,21-,22+,23-,24-,25+,26-,27+,29+,30-,33-,34-,35-/m1/s1. The zero-order valence-corrected chi connectivity index (χ0v) is 30.3. The van der Waals surface area contributed by atoms with Gasteiger partial charge in [-0.25, -0.2) is 0 Å². The maximum atomic E-state index is 13.8. The van der Waals surface area contributed by atoms with Gasteiger partial charge < -0.3 is 39.6 Å². The van der Waals surface area contributed by atoms with Crippen LogP contribution in [0.4, 0.5) is 0 Å². The Morgan fingerprint density at radius 3 is 2.09 bits per heavy atom. The van der Waals surface area contributed by atoms with Gasteiger partial charge in [0.1, 0.15) is 28.7 Å². The second-order valence-corrected chi connectivity index (χ2v) is 15.3. The van der Waals surface area contributed by atoms with Gasteiger partial charge in [-0.1, -0.05) is 55.4 Å². The molecule has 0 bridgehead atoms. The number of aliphatic hydroxyl groups is 3. The van der Waals surface area contributed by atoms with Crippen molar-refractivity contribution in [3.8, 4) is 0 Å². The molecular formula is C35H65NO9. The van der Waals surface area contributed by atoms with Crippen molar-refractivity contribution in [3.05, 3.63) is 0 Å². The van der Waals surface area contributed by atoms with Gasteiger partial charge in [-0.2, -0.15) is 0 Å². The highest BCUT2D eigenvalue weighted by Crippen LogP contribution is 2.45. The normalized spacial score (nSPS) is 45.5. The average molecular weight is 644 g/mol. The molecule has 13 atom stereocenters. The molecule has 2 heterocycles. The lowest BCUT2D eigenvalue weighted by Crippen LogP contribution is -2.70. The summed E-state index contributed by atoms with van der Waals surface area (Å²) < 4.78 is 24.9. The molecule has 2 fully saturated rings. The molecule has 2 rings (SSSR count). The molecule has 0 amide bonds. The van der Waals surface area contributed by atoms with Crippen LogP contribution in [0.1, 0.15) is 109 Å². The van der Waals surface area contributed by atoms with E-state index >= 15 is 0 Å². The molecule has 0 radical (unpaired) electrons. The smallest absolute Gasteiger partial charge is 0.311 e. The van der Waals surface area contributed by atoms with E-state index in [-0.39, 0.29) is 48.3 Å². The van der Waals surface area contributed by atoms with Crippen molar-refractivity contribution in [3.63, 3.8) is 0 Å². The Labute approximate surface area is 272 Å². The van der Waals surface area contributed by atoms with Crippen LogP contribution in [-0.2, 0) is 28.5 Å². The van der Waals surface area contributed by atoms with Gasteiger partial charge in [0.2, 0.25) is 0 Å². The third-order valence-corrected chi connectivity index (χ3v) is 11.6. The van der Waals surface area contributed by atoms with E-state index in [1.165, 1.54) is 6.92 Å². The van der Waals surface area contributed by atoms with Gasteiger partial charge in [0, 0.05) is 31.9 Å². The Hall–Kier alpha value is -1.14. The molecule has 45 heavy (non-hydrogen) atoms. The third kappa shape index (κ3) is 8.30. The lowest BCUT2D eigenvalue weighted by atomic mass is 9.65. The minimum absolute atomic E-state index is 0.00810. The van der Waals surface area contributed by atoms with Crippen molar-refractivity contribution in [2.75, 3.05) is 20.2 Å². The molecule has 264 valence electrons. The second-order valence-electron chi connectivity index (χ2n) is 15.3. The Morgan fingerprint density at radius 1 is 0.956 bits per heavy atom. The molecule has 0 aromatic rings. The Kier molecular flexibility index (Phi) is 13.7. The molecule has 0 aromatic carbocycles. The summed E-state index contributed by atoms with van der Waals surface area (Å²) in [4.78, 5) is 27.4. The Balaban J connectivity index is 2.54. The maximum absolute atomic E-state index is 13.8. The average Bonchev–Trinajstić information content (AvgIpc) is 2.98. The summed E-state index contributed by atoms with van der Waals surface area (Å²) in [6, 6.07) is 0. The fourth-order valence-electron chi connectivity index (χ4n) is 7.68. The lowest BCUT2D eigenvalue weighted by Gasteiger charge is -2.53. The largest absolute Gasteiger partial charge is 0.459 e. The van der Waals surface area contributed by atoms with Crippen molar-refractivity contribution in [1.82, 2.24) is 5.32 Å². The van der Waals surface area contributed by atoms with Crippen LogP contribution in [0.3, 0.4) is 0 Å². The summed E-state index contributed by atoms with van der Waals surface area (Å²) in [5.74, 6) is -2.89. The van der Waals surface area contributed by atoms with Crippen LogP contribution in [-0.4, -0.2) is 94.8 Å². The van der Waals surface area contributed by atoms with Crippen molar-refractivity contribution in [1.29, 1.82) is 0 Å². The molecule has 0 unspecified atom stereocenters. The number of hydrogen-bond donors (Lipinski definition) is 4. The van der Waals surface area contributed by atoms with Gasteiger partial charge in [0.25, 0.3) is 0 Å². The number of carbonyl (C=O) groups is 2. The molecule has 0 aromatic heterocycles. The second kappa shape index (κ2) is 15.4. The summed E-state index contributed by atoms with van der Waals surface area (Å²) in [6.07, 6.45) is -2.65. The SMILES string of the molecule is CCCNC[C@@]1(O)[C@H](C)O[C@@H](O[C@H]2[C@H](C)[C@@H](C)C(C)(C)C[C@@H](C)C(=O)[C@H](C)[C@@H](O)[C@](C)(O)[C@@H](CC)OC(=O)[C@@H]2C)C[C@@]1(C)OC. The number of nitrogens with one attached hydrogen (secondary N) is 1. The van der Waals surface area contributed by atoms with Crippen molar-refractivity contribution >= 4 is 11.8 Å². The fraction of sp³-hybridized carbons (Fsp3) is 0.943. The first kappa shape index (κ1) is 40.0. The number of ketones is 1. The van der Waals surface area contributed by atoms with E-state index in [4.69, 9.17) is 18.9 Å². The van der Waals surface area contributed by atoms with E-state index in [1.54, 1.807) is 34.8 Å². The van der Waals surface area contributed by atoms with E-state index in [1.807, 2.05) is 20.8 Å². The van der Waals surface area contributed by atoms with Crippen LogP contribution in [0.15, 0.2) is 0 Å². The first-order chi connectivity index (χ1) is 20.6. The molecule has 2 aliphatic rings. The molecule has 2 saturated heterocycles. The quantitative estimate of drug-likeness (QED) is 0.224. The number of cyclic esters (lactones) is 1. The molecule has 10 heteroatoms. The van der Waals surface area contributed by atoms with Gasteiger partial charge in [-0.05, 0) is 70.8 Å². The van der Waals surface area contributed by atoms with Gasteiger partial charge in [-0.15, -0.1) is 0 Å². The van der Waals surface area contributed by atoms with E-state index in [2.05, 4.69) is 33.0 Å². The number of Topliss-reactive ketones (excluding diaryl/α,β-unsaturated/α-hetero) is 1. The maximum Gasteiger partial charge on any atom is 0.311 e. The summed E-state index contributed by atoms with van der Waals surface area (Å²) >= 11 is 0. The fourth-order valence-corrected chi connectivity index (χ4v) is 7.68. The molecule has 0 spiro atoms. The van der Waals surface area contributed by atoms with Crippen LogP contribution in [0.2, 0.25) is 0 Å². The molecule has 4 N–H and O–H groups in total. The van der Waals surface area contributed by atoms with E-state index < -0.39 is 65.3 Å². The van der Waals surface area contributed by atoms with Crippen LogP contribution in [0.5, 0.6) is 0 Å². The Bertz CT molecular complexity index is 988. The van der Waals surface area contributed by atoms with E-state index in [0.717, 1.165) is 13.0 Å². The van der Waals surface area contributed by atoms with Crippen LogP contribution in [0.25, 0.3) is 0 Å². The molecule has 2 aliphatic heterocycles. The van der Waals surface area contributed by atoms with Gasteiger partial charge in [-0.3, -0.25) is 9.59 Å². The number of esters is 1. The van der Waals surface area contributed by atoms with Crippen LogP contribution < -0.4 is 5.32 Å². The third-order valence-electron chi connectivity index (χ3n) is 11.6. The molecule has 0 saturated carbocycles. The van der Waals surface area contributed by atoms with E-state index in [0.29, 0.717) is 6.42 Å². The zero-order chi connectivity index (χ0) is 34.7. The first-order valence-electron chi connectivity index (χ1n) is 17.1. The first-order valence-corrected chi connectivity index (χ1v) is 17.1. The predicted octanol–water partition coefficient (Wildman–Crippen LogP) is 4.26. The summed E-state index contributed by atoms with van der Waals surface area (Å²) in [6.45, 7) is 23.6. The molecular weight excluding hydrogens is 578 g/mol. The van der Waals surface area contributed by atoms with E-state index in [9.17, 15) is 24.9 Å². The summed E-state index contributed by atoms with van der Waals surface area (Å²) in [5, 5.41) is 37.8. The van der Waals surface area contributed by atoms with Gasteiger partial charge >= 0.3 is 5.97 Å². The Morgan fingerprint density at radius 2 is 1.56 bits per heavy atom. The predicted molar refractivity (Wildman–Crippen MR) is 173 cm³/mol. The number of methoxy groups -OCH3 is 1. The number of hydrogen-bond acceptors (Lipinski definition) is 10. The van der Waals surface area contributed by atoms with Gasteiger partial charge in [0.15, 0.2) is 6.29 Å². The minimum Gasteiger partial charge on any atom is -0.459 e. The monoisotopic (exact) mass is 643 g/mol. The zero-order valence-electron chi connectivity index (χ0n) is 30.3. The number of rotatable bonds is 8. The molecule has 10 nitrogen and oxygen atoms in total. The van der Waals surface area contributed by atoms with Crippen LogP contribution >= 0.6 is 0 Å². The van der Waals surface area contributed by atoms with Crippen molar-refractivity contribution < 1.29 is 43.9 Å². The number of aliphatic hydroxyl groups excluding tert-OH is 1.